The minimum atomic E-state index is -0.833. The van der Waals surface area contributed by atoms with Gasteiger partial charge in [0.2, 0.25) is 5.89 Å². The second-order valence-electron chi connectivity index (χ2n) is 5.72. The average Bonchev–Trinajstić information content (AvgIpc) is 3.09. The maximum Gasteiger partial charge on any atom is 0.300 e. The standard InChI is InChI=1S/C15H18N6O2.C2H4O2/c1-9-4-5-11-13(18-9)14(17-8-16-11)19-10(2)15-20-12(21-23-15)6-7-22-3;1-2(3)4/h4-5,8,10H,6-7H2,1-3H3,(H,16,17,19);1H3,(H,3,4). The summed E-state index contributed by atoms with van der Waals surface area (Å²) in [5, 5.41) is 14.6. The smallest absolute Gasteiger partial charge is 0.300 e. The Balaban J connectivity index is 0.000000596. The molecule has 0 fully saturated rings. The summed E-state index contributed by atoms with van der Waals surface area (Å²) < 4.78 is 10.3. The van der Waals surface area contributed by atoms with Gasteiger partial charge in [-0.25, -0.2) is 15.0 Å². The van der Waals surface area contributed by atoms with Crippen LogP contribution in [0.3, 0.4) is 0 Å². The quantitative estimate of drug-likeness (QED) is 0.660. The van der Waals surface area contributed by atoms with Crippen LogP contribution < -0.4 is 5.32 Å². The molecule has 0 aliphatic heterocycles. The number of rotatable bonds is 6. The molecular formula is C17H22N6O4. The SMILES string of the molecule is CC(=O)O.COCCc1noc(C(C)Nc2ncnc3ccc(C)nc23)n1. The van der Waals surface area contributed by atoms with E-state index in [0.29, 0.717) is 30.6 Å². The molecule has 27 heavy (non-hydrogen) atoms. The Morgan fingerprint density at radius 3 is 2.78 bits per heavy atom. The number of ether oxygens (including phenoxy) is 1. The zero-order chi connectivity index (χ0) is 19.8. The van der Waals surface area contributed by atoms with E-state index >= 15 is 0 Å². The molecule has 10 nitrogen and oxygen atoms in total. The predicted molar refractivity (Wildman–Crippen MR) is 97.3 cm³/mol. The van der Waals surface area contributed by atoms with E-state index in [-0.39, 0.29) is 6.04 Å². The molecule has 2 N–H and O–H groups in total. The number of nitrogens with zero attached hydrogens (tertiary/aromatic N) is 5. The highest BCUT2D eigenvalue weighted by Gasteiger charge is 2.16. The van der Waals surface area contributed by atoms with Gasteiger partial charge in [-0.05, 0) is 26.0 Å². The minimum absolute atomic E-state index is 0.195. The normalized spacial score (nSPS) is 11.6. The average molecular weight is 374 g/mol. The maximum absolute atomic E-state index is 9.00. The highest BCUT2D eigenvalue weighted by atomic mass is 16.5. The minimum Gasteiger partial charge on any atom is -0.481 e. The molecule has 0 aromatic carbocycles. The molecular weight excluding hydrogens is 352 g/mol. The van der Waals surface area contributed by atoms with Crippen LogP contribution in [0, 0.1) is 6.92 Å². The lowest BCUT2D eigenvalue weighted by Crippen LogP contribution is -2.10. The van der Waals surface area contributed by atoms with E-state index in [1.54, 1.807) is 7.11 Å². The van der Waals surface area contributed by atoms with Gasteiger partial charge in [0.05, 0.1) is 12.1 Å². The van der Waals surface area contributed by atoms with Crippen molar-refractivity contribution in [1.82, 2.24) is 25.1 Å². The van der Waals surface area contributed by atoms with Crippen LogP contribution >= 0.6 is 0 Å². The first-order chi connectivity index (χ1) is 12.9. The van der Waals surface area contributed by atoms with E-state index in [9.17, 15) is 0 Å². The number of hydrogen-bond acceptors (Lipinski definition) is 9. The van der Waals surface area contributed by atoms with Gasteiger partial charge < -0.3 is 19.7 Å². The summed E-state index contributed by atoms with van der Waals surface area (Å²) in [7, 11) is 1.64. The molecule has 0 amide bonds. The number of nitrogens with one attached hydrogen (secondary N) is 1. The van der Waals surface area contributed by atoms with Crippen LogP contribution in [0.25, 0.3) is 11.0 Å². The number of hydrogen-bond donors (Lipinski definition) is 2. The molecule has 3 aromatic rings. The topological polar surface area (TPSA) is 136 Å². The molecule has 3 aromatic heterocycles. The number of fused-ring (bicyclic) bond motifs is 1. The lowest BCUT2D eigenvalue weighted by Gasteiger charge is -2.11. The molecule has 3 rings (SSSR count). The fourth-order valence-electron chi connectivity index (χ4n) is 2.15. The number of carbonyl (C=O) groups is 1. The molecule has 0 bridgehead atoms. The first-order valence-corrected chi connectivity index (χ1v) is 8.26. The third kappa shape index (κ3) is 5.96. The van der Waals surface area contributed by atoms with Crippen LogP contribution in [-0.2, 0) is 16.0 Å². The van der Waals surface area contributed by atoms with E-state index in [1.807, 2.05) is 26.0 Å². The highest BCUT2D eigenvalue weighted by molar-refractivity contribution is 5.84. The van der Waals surface area contributed by atoms with Crippen LogP contribution in [0.4, 0.5) is 5.82 Å². The summed E-state index contributed by atoms with van der Waals surface area (Å²) in [5.41, 5.74) is 2.41. The molecule has 1 unspecified atom stereocenters. The second-order valence-corrected chi connectivity index (χ2v) is 5.72. The highest BCUT2D eigenvalue weighted by Crippen LogP contribution is 2.22. The van der Waals surface area contributed by atoms with Crippen molar-refractivity contribution in [3.63, 3.8) is 0 Å². The van der Waals surface area contributed by atoms with Gasteiger partial charge in [0.25, 0.3) is 5.97 Å². The van der Waals surface area contributed by atoms with Crippen molar-refractivity contribution >= 4 is 22.8 Å². The van der Waals surface area contributed by atoms with Crippen molar-refractivity contribution in [2.75, 3.05) is 19.0 Å². The van der Waals surface area contributed by atoms with E-state index in [0.717, 1.165) is 23.7 Å². The van der Waals surface area contributed by atoms with Crippen LogP contribution in [0.2, 0.25) is 0 Å². The van der Waals surface area contributed by atoms with Crippen LogP contribution in [-0.4, -0.2) is 49.9 Å². The van der Waals surface area contributed by atoms with Gasteiger partial charge in [0.15, 0.2) is 11.6 Å². The number of carboxylic acid groups (broad SMARTS) is 1. The third-order valence-corrected chi connectivity index (χ3v) is 3.36. The van der Waals surface area contributed by atoms with E-state index in [2.05, 4.69) is 30.4 Å². The molecule has 0 saturated carbocycles. The number of methoxy groups -OCH3 is 1. The first kappa shape index (κ1) is 20.2. The Labute approximate surface area is 156 Å². The lowest BCUT2D eigenvalue weighted by atomic mass is 10.3. The largest absolute Gasteiger partial charge is 0.481 e. The lowest BCUT2D eigenvalue weighted by molar-refractivity contribution is -0.134. The number of aromatic nitrogens is 5. The van der Waals surface area contributed by atoms with Gasteiger partial charge in [-0.1, -0.05) is 5.16 Å². The summed E-state index contributed by atoms with van der Waals surface area (Å²) in [6.45, 7) is 5.50. The van der Waals surface area contributed by atoms with E-state index in [1.165, 1.54) is 6.33 Å². The zero-order valence-corrected chi connectivity index (χ0v) is 15.6. The number of carboxylic acids is 1. The van der Waals surface area contributed by atoms with Crippen molar-refractivity contribution < 1.29 is 19.2 Å². The zero-order valence-electron chi connectivity index (χ0n) is 15.6. The summed E-state index contributed by atoms with van der Waals surface area (Å²) in [6.07, 6.45) is 2.12. The first-order valence-electron chi connectivity index (χ1n) is 8.26. The summed E-state index contributed by atoms with van der Waals surface area (Å²) in [6, 6.07) is 3.65. The fraction of sp³-hybridized carbons (Fsp3) is 0.412. The fourth-order valence-corrected chi connectivity index (χ4v) is 2.15. The summed E-state index contributed by atoms with van der Waals surface area (Å²) in [4.78, 5) is 26.4. The maximum atomic E-state index is 9.00. The Bertz CT molecular complexity index is 894. The molecule has 0 aliphatic rings. The van der Waals surface area contributed by atoms with Gasteiger partial charge in [-0.2, -0.15) is 4.98 Å². The van der Waals surface area contributed by atoms with Gasteiger partial charge in [-0.15, -0.1) is 0 Å². The Morgan fingerprint density at radius 1 is 1.33 bits per heavy atom. The predicted octanol–water partition coefficient (Wildman–Crippen LogP) is 2.17. The van der Waals surface area contributed by atoms with Crippen molar-refractivity contribution in [3.05, 3.63) is 35.9 Å². The number of aliphatic carboxylic acids is 1. The summed E-state index contributed by atoms with van der Waals surface area (Å²) >= 11 is 0. The second kappa shape index (κ2) is 9.53. The molecule has 0 aliphatic carbocycles. The Kier molecular flexibility index (Phi) is 7.12. The molecule has 0 spiro atoms. The van der Waals surface area contributed by atoms with Crippen molar-refractivity contribution in [1.29, 1.82) is 0 Å². The van der Waals surface area contributed by atoms with Gasteiger partial charge >= 0.3 is 0 Å². The van der Waals surface area contributed by atoms with Gasteiger partial charge in [0, 0.05) is 26.1 Å². The molecule has 144 valence electrons. The third-order valence-electron chi connectivity index (χ3n) is 3.36. The van der Waals surface area contributed by atoms with Gasteiger partial charge in [-0.3, -0.25) is 4.79 Å². The number of anilines is 1. The van der Waals surface area contributed by atoms with Gasteiger partial charge in [0.1, 0.15) is 17.9 Å². The van der Waals surface area contributed by atoms with Crippen molar-refractivity contribution in [3.8, 4) is 0 Å². The van der Waals surface area contributed by atoms with Crippen molar-refractivity contribution in [2.45, 2.75) is 33.2 Å². The van der Waals surface area contributed by atoms with E-state index in [4.69, 9.17) is 19.2 Å². The van der Waals surface area contributed by atoms with Crippen molar-refractivity contribution in [2.24, 2.45) is 0 Å². The molecule has 3 heterocycles. The van der Waals surface area contributed by atoms with E-state index < -0.39 is 5.97 Å². The number of aryl methyl sites for hydroxylation is 1. The monoisotopic (exact) mass is 374 g/mol. The Hall–Kier alpha value is -3.14. The van der Waals surface area contributed by atoms with Crippen LogP contribution in [0.1, 0.15) is 37.3 Å². The molecule has 10 heteroatoms. The molecule has 0 saturated heterocycles. The number of pyridine rings is 1. The summed E-state index contributed by atoms with van der Waals surface area (Å²) in [5.74, 6) is 0.926. The molecule has 0 radical (unpaired) electrons. The molecule has 1 atom stereocenters. The van der Waals surface area contributed by atoms with Crippen LogP contribution in [0.5, 0.6) is 0 Å². The van der Waals surface area contributed by atoms with Crippen LogP contribution in [0.15, 0.2) is 23.0 Å². The Morgan fingerprint density at radius 2 is 2.07 bits per heavy atom.